The van der Waals surface area contributed by atoms with E-state index in [-0.39, 0.29) is 0 Å². The first-order valence-corrected chi connectivity index (χ1v) is 9.10. The van der Waals surface area contributed by atoms with Gasteiger partial charge < -0.3 is 3.87 Å². The Morgan fingerprint density at radius 2 is 1.83 bits per heavy atom. The van der Waals surface area contributed by atoms with Crippen LogP contribution in [0.25, 0.3) is 0 Å². The fraction of sp³-hybridized carbons (Fsp3) is 1.00. The van der Waals surface area contributed by atoms with Gasteiger partial charge in [0, 0.05) is 0 Å². The minimum atomic E-state index is -3.25. The van der Waals surface area contributed by atoms with Crippen molar-refractivity contribution < 1.29 is 12.3 Å². The Kier molecular flexibility index (Phi) is 4.43. The SMILES string of the molecule is CCCC[Si](C)(C)OS(C)(=O)=O. The number of hydrogen-bond acceptors (Lipinski definition) is 3. The first-order valence-electron chi connectivity index (χ1n) is 4.17. The maximum absolute atomic E-state index is 10.8. The van der Waals surface area contributed by atoms with E-state index in [0.717, 1.165) is 25.1 Å². The van der Waals surface area contributed by atoms with E-state index in [1.54, 1.807) is 0 Å². The molecule has 0 aromatic heterocycles. The van der Waals surface area contributed by atoms with Crippen LogP contribution >= 0.6 is 0 Å². The van der Waals surface area contributed by atoms with Crippen LogP contribution in [0.2, 0.25) is 19.1 Å². The highest BCUT2D eigenvalue weighted by Crippen LogP contribution is 2.16. The van der Waals surface area contributed by atoms with Crippen LogP contribution in [-0.2, 0) is 14.0 Å². The summed E-state index contributed by atoms with van der Waals surface area (Å²) in [4.78, 5) is 0. The lowest BCUT2D eigenvalue weighted by atomic mass is 10.4. The van der Waals surface area contributed by atoms with Gasteiger partial charge in [0.05, 0.1) is 6.26 Å². The summed E-state index contributed by atoms with van der Waals surface area (Å²) in [6, 6.07) is 0.913. The lowest BCUT2D eigenvalue weighted by Gasteiger charge is -2.20. The van der Waals surface area contributed by atoms with Crippen molar-refractivity contribution in [3.8, 4) is 0 Å². The first kappa shape index (κ1) is 12.1. The largest absolute Gasteiger partial charge is 0.315 e. The molecule has 0 amide bonds. The molecular weight excluding hydrogens is 192 g/mol. The van der Waals surface area contributed by atoms with Crippen LogP contribution in [0.3, 0.4) is 0 Å². The minimum absolute atomic E-state index is 0.913. The molecule has 74 valence electrons. The maximum Gasteiger partial charge on any atom is 0.254 e. The van der Waals surface area contributed by atoms with Gasteiger partial charge in [-0.15, -0.1) is 0 Å². The quantitative estimate of drug-likeness (QED) is 0.652. The Labute approximate surface area is 76.4 Å². The fourth-order valence-electron chi connectivity index (χ4n) is 1.05. The summed E-state index contributed by atoms with van der Waals surface area (Å²) in [7, 11) is -5.20. The van der Waals surface area contributed by atoms with E-state index >= 15 is 0 Å². The average molecular weight is 210 g/mol. The zero-order chi connectivity index (χ0) is 9.83. The molecule has 0 rings (SSSR count). The summed E-state index contributed by atoms with van der Waals surface area (Å²) < 4.78 is 26.7. The lowest BCUT2D eigenvalue weighted by molar-refractivity contribution is 0.486. The summed E-state index contributed by atoms with van der Waals surface area (Å²) in [6.07, 6.45) is 3.26. The van der Waals surface area contributed by atoms with E-state index in [0.29, 0.717) is 0 Å². The fourth-order valence-corrected chi connectivity index (χ4v) is 5.87. The smallest absolute Gasteiger partial charge is 0.254 e. The van der Waals surface area contributed by atoms with Gasteiger partial charge in [0.2, 0.25) is 8.32 Å². The molecule has 0 aliphatic heterocycles. The summed E-state index contributed by atoms with van der Waals surface area (Å²) in [6.45, 7) is 5.96. The van der Waals surface area contributed by atoms with Gasteiger partial charge in [-0.25, -0.2) is 8.42 Å². The van der Waals surface area contributed by atoms with E-state index < -0.39 is 18.4 Å². The Morgan fingerprint density at radius 3 is 2.17 bits per heavy atom. The predicted octanol–water partition coefficient (Wildman–Crippen LogP) is 1.97. The molecule has 0 aromatic carbocycles. The van der Waals surface area contributed by atoms with E-state index in [1.807, 2.05) is 13.1 Å². The van der Waals surface area contributed by atoms with Crippen molar-refractivity contribution in [2.24, 2.45) is 0 Å². The highest BCUT2D eigenvalue weighted by molar-refractivity contribution is 7.87. The van der Waals surface area contributed by atoms with Crippen LogP contribution in [-0.4, -0.2) is 23.0 Å². The Morgan fingerprint density at radius 1 is 1.33 bits per heavy atom. The van der Waals surface area contributed by atoms with E-state index in [4.69, 9.17) is 3.87 Å². The second kappa shape index (κ2) is 4.39. The minimum Gasteiger partial charge on any atom is -0.315 e. The third-order valence-corrected chi connectivity index (χ3v) is 6.08. The topological polar surface area (TPSA) is 43.4 Å². The van der Waals surface area contributed by atoms with Crippen molar-refractivity contribution in [3.05, 3.63) is 0 Å². The highest BCUT2D eigenvalue weighted by Gasteiger charge is 2.26. The predicted molar refractivity (Wildman–Crippen MR) is 53.1 cm³/mol. The summed E-state index contributed by atoms with van der Waals surface area (Å²) >= 11 is 0. The van der Waals surface area contributed by atoms with Crippen LogP contribution < -0.4 is 0 Å². The van der Waals surface area contributed by atoms with Crippen molar-refractivity contribution in [2.45, 2.75) is 38.9 Å². The van der Waals surface area contributed by atoms with Crippen molar-refractivity contribution in [3.63, 3.8) is 0 Å². The molecular formula is C7H18O3SSi. The normalized spacial score (nSPS) is 13.3. The molecule has 0 heterocycles. The average Bonchev–Trinajstić information content (AvgIpc) is 1.78. The Bertz CT molecular complexity index is 221. The van der Waals surface area contributed by atoms with Crippen LogP contribution in [0.5, 0.6) is 0 Å². The Balaban J connectivity index is 4.04. The van der Waals surface area contributed by atoms with E-state index in [2.05, 4.69) is 6.92 Å². The number of rotatable bonds is 5. The van der Waals surface area contributed by atoms with Gasteiger partial charge >= 0.3 is 0 Å². The molecule has 5 heteroatoms. The van der Waals surface area contributed by atoms with E-state index in [1.165, 1.54) is 0 Å². The van der Waals surface area contributed by atoms with Crippen LogP contribution in [0, 0.1) is 0 Å². The molecule has 0 radical (unpaired) electrons. The van der Waals surface area contributed by atoms with Crippen molar-refractivity contribution in [1.29, 1.82) is 0 Å². The molecule has 0 unspecified atom stereocenters. The third kappa shape index (κ3) is 6.81. The monoisotopic (exact) mass is 210 g/mol. The molecule has 0 fully saturated rings. The number of unbranched alkanes of at least 4 members (excludes halogenated alkanes) is 1. The Hall–Kier alpha value is 0.127. The van der Waals surface area contributed by atoms with Gasteiger partial charge in [0.25, 0.3) is 10.1 Å². The highest BCUT2D eigenvalue weighted by atomic mass is 32.2. The van der Waals surface area contributed by atoms with E-state index in [9.17, 15) is 8.42 Å². The van der Waals surface area contributed by atoms with Crippen LogP contribution in [0.4, 0.5) is 0 Å². The lowest BCUT2D eigenvalue weighted by Crippen LogP contribution is -2.32. The van der Waals surface area contributed by atoms with Gasteiger partial charge in [-0.2, -0.15) is 0 Å². The molecule has 0 aliphatic rings. The van der Waals surface area contributed by atoms with Gasteiger partial charge in [-0.1, -0.05) is 19.8 Å². The van der Waals surface area contributed by atoms with Crippen molar-refractivity contribution >= 4 is 18.4 Å². The van der Waals surface area contributed by atoms with Crippen molar-refractivity contribution in [2.75, 3.05) is 6.26 Å². The molecule has 0 saturated heterocycles. The third-order valence-electron chi connectivity index (χ3n) is 1.51. The van der Waals surface area contributed by atoms with Gasteiger partial charge in [0.1, 0.15) is 0 Å². The zero-order valence-corrected chi connectivity index (χ0v) is 10.1. The summed E-state index contributed by atoms with van der Waals surface area (Å²) in [5.74, 6) is 0. The standard InChI is InChI=1S/C7H18O3SSi/c1-5-6-7-12(3,4)10-11(2,8)9/h5-7H2,1-4H3. The molecule has 0 aliphatic carbocycles. The maximum atomic E-state index is 10.8. The first-order chi connectivity index (χ1) is 5.27. The van der Waals surface area contributed by atoms with Gasteiger partial charge in [-0.3, -0.25) is 0 Å². The second-order valence-corrected chi connectivity index (χ2v) is 9.75. The molecule has 3 nitrogen and oxygen atoms in total. The molecule has 0 spiro atoms. The zero-order valence-electron chi connectivity index (χ0n) is 8.25. The van der Waals surface area contributed by atoms with Crippen molar-refractivity contribution in [1.82, 2.24) is 0 Å². The number of hydrogen-bond donors (Lipinski definition) is 0. The van der Waals surface area contributed by atoms with Gasteiger partial charge in [-0.05, 0) is 19.1 Å². The molecule has 0 aromatic rings. The molecule has 0 saturated carbocycles. The van der Waals surface area contributed by atoms with Crippen LogP contribution in [0.1, 0.15) is 19.8 Å². The molecule has 0 bridgehead atoms. The van der Waals surface area contributed by atoms with Gasteiger partial charge in [0.15, 0.2) is 0 Å². The molecule has 12 heavy (non-hydrogen) atoms. The summed E-state index contributed by atoms with van der Waals surface area (Å²) in [5, 5.41) is 0. The summed E-state index contributed by atoms with van der Waals surface area (Å²) in [5.41, 5.74) is 0. The molecule has 0 atom stereocenters. The second-order valence-electron chi connectivity index (χ2n) is 3.65. The molecule has 0 N–H and O–H groups in total. The van der Waals surface area contributed by atoms with Crippen LogP contribution in [0.15, 0.2) is 0 Å².